The zero-order valence-corrected chi connectivity index (χ0v) is 30.4. The van der Waals surface area contributed by atoms with Gasteiger partial charge in [0.1, 0.15) is 0 Å². The lowest BCUT2D eigenvalue weighted by Gasteiger charge is -2.15. The molecule has 2 aromatic heterocycles. The molecule has 0 unspecified atom stereocenters. The maximum absolute atomic E-state index is 5.24. The van der Waals surface area contributed by atoms with Gasteiger partial charge >= 0.3 is 0 Å². The third-order valence-corrected chi connectivity index (χ3v) is 11.8. The fourth-order valence-electron chi connectivity index (χ4n) is 9.21. The zero-order valence-electron chi connectivity index (χ0n) is 30.4. The van der Waals surface area contributed by atoms with Crippen LogP contribution in [0.1, 0.15) is 0 Å². The Balaban J connectivity index is 0.994. The summed E-state index contributed by atoms with van der Waals surface area (Å²) in [5.74, 6) is 0. The Labute approximate surface area is 322 Å². The van der Waals surface area contributed by atoms with Gasteiger partial charge in [-0.05, 0) is 101 Å². The molecule has 12 aromatic rings. The smallest absolute Gasteiger partial charge is 0.0788 e. The second-order valence-corrected chi connectivity index (χ2v) is 14.9. The molecule has 2 heterocycles. The maximum atomic E-state index is 5.24. The first kappa shape index (κ1) is 31.0. The van der Waals surface area contributed by atoms with Crippen molar-refractivity contribution in [3.8, 4) is 33.5 Å². The molecular weight excluding hydrogens is 677 g/mol. The molecule has 258 valence electrons. The van der Waals surface area contributed by atoms with Crippen LogP contribution in [-0.4, -0.2) is 9.97 Å². The number of hydrogen-bond acceptors (Lipinski definition) is 2. The van der Waals surface area contributed by atoms with Gasteiger partial charge in [-0.15, -0.1) is 0 Å². The third-order valence-electron chi connectivity index (χ3n) is 11.8. The summed E-state index contributed by atoms with van der Waals surface area (Å²) in [4.78, 5) is 10.1. The van der Waals surface area contributed by atoms with Gasteiger partial charge in [-0.2, -0.15) is 0 Å². The van der Waals surface area contributed by atoms with Gasteiger partial charge in [-0.1, -0.05) is 158 Å². The van der Waals surface area contributed by atoms with Crippen molar-refractivity contribution in [1.82, 2.24) is 9.97 Å². The predicted octanol–water partition coefficient (Wildman–Crippen LogP) is 14.7. The normalized spacial score (nSPS) is 11.9. The molecule has 12 rings (SSSR count). The van der Waals surface area contributed by atoms with Crippen molar-refractivity contribution in [2.45, 2.75) is 0 Å². The van der Waals surface area contributed by atoms with Crippen molar-refractivity contribution < 1.29 is 0 Å². The minimum atomic E-state index is 1.01. The predicted molar refractivity (Wildman–Crippen MR) is 238 cm³/mol. The van der Waals surface area contributed by atoms with E-state index in [1.54, 1.807) is 0 Å². The maximum Gasteiger partial charge on any atom is 0.0788 e. The summed E-state index contributed by atoms with van der Waals surface area (Å²) in [7, 11) is 0. The molecule has 0 aliphatic carbocycles. The number of benzene rings is 10. The number of aromatic nitrogens is 2. The molecule has 2 nitrogen and oxygen atoms in total. The van der Waals surface area contributed by atoms with Gasteiger partial charge < -0.3 is 0 Å². The Bertz CT molecular complexity index is 3550. The van der Waals surface area contributed by atoms with Crippen molar-refractivity contribution in [2.24, 2.45) is 0 Å². The van der Waals surface area contributed by atoms with Crippen molar-refractivity contribution >= 4 is 86.4 Å². The topological polar surface area (TPSA) is 25.8 Å². The molecule has 0 radical (unpaired) electrons. The van der Waals surface area contributed by atoms with Gasteiger partial charge in [-0.3, -0.25) is 4.98 Å². The summed E-state index contributed by atoms with van der Waals surface area (Å²) in [6.07, 6.45) is 1.90. The van der Waals surface area contributed by atoms with Gasteiger partial charge in [0, 0.05) is 38.7 Å². The highest BCUT2D eigenvalue weighted by atomic mass is 14.7. The second-order valence-electron chi connectivity index (χ2n) is 14.9. The molecule has 0 spiro atoms. The highest BCUT2D eigenvalue weighted by Gasteiger charge is 2.16. The zero-order chi connectivity index (χ0) is 36.7. The van der Waals surface area contributed by atoms with Crippen LogP contribution in [0, 0.1) is 0 Å². The molecule has 0 saturated heterocycles. The van der Waals surface area contributed by atoms with Crippen LogP contribution in [0.2, 0.25) is 0 Å². The SMILES string of the molecule is c1ccc2c(c1)cc(-c1ccc3c4ccc(-c5ccc(-c6nc7ccccc7c7c6ccc6ccccc67)cc5)cc4c4ccccc4c3c1)c1cccnc12. The number of hydrogen-bond donors (Lipinski definition) is 0. The highest BCUT2D eigenvalue weighted by molar-refractivity contribution is 6.27. The van der Waals surface area contributed by atoms with Gasteiger partial charge in [0.2, 0.25) is 0 Å². The first-order valence-corrected chi connectivity index (χ1v) is 19.2. The Hall–Kier alpha value is -7.42. The van der Waals surface area contributed by atoms with Gasteiger partial charge in [0.05, 0.1) is 16.7 Å². The van der Waals surface area contributed by atoms with Crippen molar-refractivity contribution in [3.63, 3.8) is 0 Å². The van der Waals surface area contributed by atoms with E-state index >= 15 is 0 Å². The number of nitrogens with zero attached hydrogens (tertiary/aromatic N) is 2. The minimum Gasteiger partial charge on any atom is -0.256 e. The van der Waals surface area contributed by atoms with Gasteiger partial charge in [0.25, 0.3) is 0 Å². The number of fused-ring (bicyclic) bond motifs is 14. The molecule has 0 amide bonds. The number of para-hydroxylation sites is 1. The molecule has 56 heavy (non-hydrogen) atoms. The largest absolute Gasteiger partial charge is 0.256 e. The fraction of sp³-hybridized carbons (Fsp3) is 0. The quantitative estimate of drug-likeness (QED) is 0.171. The highest BCUT2D eigenvalue weighted by Crippen LogP contribution is 2.42. The molecular formula is C54H32N2. The standard InChI is InChI=1S/C54H32N2/c1-3-12-39-34(10-1)23-28-47-52(39)46-16-7-8-18-51(46)56-53(47)35-21-19-33(20-22-35)36-24-26-43-44-27-25-38(32-50(44)42-15-6-5-14-41(42)49(43)30-36)48-31-37-11-2-4-13-40(37)54-45(48)17-9-29-55-54/h1-32H. The first-order chi connectivity index (χ1) is 27.8. The Morgan fingerprint density at radius 2 is 0.857 bits per heavy atom. The summed E-state index contributed by atoms with van der Waals surface area (Å²) in [6.45, 7) is 0. The Kier molecular flexibility index (Phi) is 6.66. The lowest BCUT2D eigenvalue weighted by atomic mass is 9.89. The van der Waals surface area contributed by atoms with E-state index < -0.39 is 0 Å². The van der Waals surface area contributed by atoms with Crippen molar-refractivity contribution in [1.29, 1.82) is 0 Å². The average molecular weight is 709 g/mol. The Morgan fingerprint density at radius 3 is 1.64 bits per heavy atom. The van der Waals surface area contributed by atoms with Gasteiger partial charge in [-0.25, -0.2) is 4.98 Å². The van der Waals surface area contributed by atoms with E-state index in [1.165, 1.54) is 97.7 Å². The number of pyridine rings is 2. The van der Waals surface area contributed by atoms with E-state index in [0.717, 1.165) is 22.3 Å². The molecule has 0 aliphatic heterocycles. The minimum absolute atomic E-state index is 1.01. The lowest BCUT2D eigenvalue weighted by molar-refractivity contribution is 1.43. The second kappa shape index (κ2) is 12.0. The van der Waals surface area contributed by atoms with Crippen LogP contribution in [-0.2, 0) is 0 Å². The van der Waals surface area contributed by atoms with E-state index in [0.29, 0.717) is 0 Å². The van der Waals surface area contributed by atoms with Gasteiger partial charge in [0.15, 0.2) is 0 Å². The molecule has 0 bridgehead atoms. The Morgan fingerprint density at radius 1 is 0.304 bits per heavy atom. The summed E-state index contributed by atoms with van der Waals surface area (Å²) >= 11 is 0. The fourth-order valence-corrected chi connectivity index (χ4v) is 9.21. The van der Waals surface area contributed by atoms with E-state index in [1.807, 2.05) is 12.3 Å². The first-order valence-electron chi connectivity index (χ1n) is 19.2. The van der Waals surface area contributed by atoms with Crippen LogP contribution in [0.5, 0.6) is 0 Å². The molecule has 0 N–H and O–H groups in total. The van der Waals surface area contributed by atoms with E-state index in [-0.39, 0.29) is 0 Å². The summed E-state index contributed by atoms with van der Waals surface area (Å²) < 4.78 is 0. The van der Waals surface area contributed by atoms with E-state index in [9.17, 15) is 0 Å². The van der Waals surface area contributed by atoms with Crippen LogP contribution in [0.15, 0.2) is 194 Å². The molecule has 10 aromatic carbocycles. The van der Waals surface area contributed by atoms with Crippen LogP contribution >= 0.6 is 0 Å². The molecule has 0 atom stereocenters. The average Bonchev–Trinajstić information content (AvgIpc) is 3.28. The molecule has 2 heteroatoms. The summed E-state index contributed by atoms with van der Waals surface area (Å²) in [6, 6.07) is 68.5. The molecule has 0 saturated carbocycles. The van der Waals surface area contributed by atoms with E-state index in [4.69, 9.17) is 9.97 Å². The molecule has 0 aliphatic rings. The number of rotatable bonds is 3. The van der Waals surface area contributed by atoms with Crippen LogP contribution in [0.25, 0.3) is 120 Å². The van der Waals surface area contributed by atoms with Crippen molar-refractivity contribution in [3.05, 3.63) is 194 Å². The van der Waals surface area contributed by atoms with Crippen LogP contribution < -0.4 is 0 Å². The van der Waals surface area contributed by atoms with Crippen LogP contribution in [0.4, 0.5) is 0 Å². The summed E-state index contributed by atoms with van der Waals surface area (Å²) in [5.41, 5.74) is 8.97. The molecule has 0 fully saturated rings. The lowest BCUT2D eigenvalue weighted by Crippen LogP contribution is -1.91. The van der Waals surface area contributed by atoms with Crippen molar-refractivity contribution in [2.75, 3.05) is 0 Å². The monoisotopic (exact) mass is 708 g/mol. The third kappa shape index (κ3) is 4.63. The van der Waals surface area contributed by atoms with E-state index in [2.05, 4.69) is 182 Å². The summed E-state index contributed by atoms with van der Waals surface area (Å²) in [5, 5.41) is 17.2. The van der Waals surface area contributed by atoms with Crippen LogP contribution in [0.3, 0.4) is 0 Å².